The fourth-order valence-corrected chi connectivity index (χ4v) is 9.10. The largest absolute Gasteiger partial charge is 0.398 e. The van der Waals surface area contributed by atoms with E-state index in [0.29, 0.717) is 11.6 Å². The monoisotopic (exact) mass is 782 g/mol. The molecular formula is C45H40F2N6O3S. The van der Waals surface area contributed by atoms with Crippen LogP contribution in [0.4, 0.5) is 26.0 Å². The molecule has 9 nitrogen and oxygen atoms in total. The van der Waals surface area contributed by atoms with Gasteiger partial charge in [-0.3, -0.25) is 4.79 Å². The first-order valence-electron chi connectivity index (χ1n) is 18.6. The fourth-order valence-electron chi connectivity index (χ4n) is 7.77. The third kappa shape index (κ3) is 7.02. The highest BCUT2D eigenvalue weighted by molar-refractivity contribution is 7.91. The first kappa shape index (κ1) is 37.5. The quantitative estimate of drug-likeness (QED) is 0.113. The Kier molecular flexibility index (Phi) is 10.1. The van der Waals surface area contributed by atoms with Gasteiger partial charge < -0.3 is 20.9 Å². The van der Waals surface area contributed by atoms with Crippen LogP contribution in [0.1, 0.15) is 33.5 Å². The molecule has 0 aliphatic carbocycles. The molecule has 7 aromatic rings. The van der Waals surface area contributed by atoms with Crippen molar-refractivity contribution in [2.45, 2.75) is 21.8 Å². The van der Waals surface area contributed by atoms with Gasteiger partial charge in [-0.1, -0.05) is 91.0 Å². The molecule has 6 aromatic carbocycles. The van der Waals surface area contributed by atoms with E-state index in [-0.39, 0.29) is 27.4 Å². The molecular weight excluding hydrogens is 743 g/mol. The number of benzene rings is 6. The van der Waals surface area contributed by atoms with Crippen LogP contribution in [0.15, 0.2) is 155 Å². The molecule has 0 radical (unpaired) electrons. The zero-order valence-corrected chi connectivity index (χ0v) is 32.0. The second-order valence-electron chi connectivity index (χ2n) is 14.2. The standard InChI is InChI=1S/C45H40F2N6O3S/c1-51-22-11-23-52(25-24-51)36-18-20-39(41(48)29-36)44(54)49-43-40-30-37(57(55,56)38-27-34(46)26-35(47)28-38)19-21-42(40)53(50-43)45(31-12-5-2-6-13-31,32-14-7-3-8-15-32)33-16-9-4-10-17-33/h2-10,12-21,26-30H,11,22-25,48H2,1H3,(H,49,50,54). The Bertz CT molecular complexity index is 2580. The number of carbonyl (C=O) groups is 1. The molecule has 2 heterocycles. The van der Waals surface area contributed by atoms with Crippen LogP contribution in [0, 0.1) is 11.6 Å². The molecule has 288 valence electrons. The third-order valence-electron chi connectivity index (χ3n) is 10.6. The zero-order chi connectivity index (χ0) is 39.7. The third-order valence-corrected chi connectivity index (χ3v) is 12.3. The molecule has 57 heavy (non-hydrogen) atoms. The van der Waals surface area contributed by atoms with Gasteiger partial charge in [0.05, 0.1) is 20.9 Å². The van der Waals surface area contributed by atoms with Crippen LogP contribution in [0.3, 0.4) is 0 Å². The van der Waals surface area contributed by atoms with Crippen LogP contribution >= 0.6 is 0 Å². The number of carbonyl (C=O) groups excluding carboxylic acids is 1. The minimum absolute atomic E-state index is 0.0590. The van der Waals surface area contributed by atoms with Crippen LogP contribution in [-0.2, 0) is 15.4 Å². The van der Waals surface area contributed by atoms with Crippen LogP contribution in [-0.4, -0.2) is 62.2 Å². The van der Waals surface area contributed by atoms with Gasteiger partial charge in [0.1, 0.15) is 17.2 Å². The first-order chi connectivity index (χ1) is 27.5. The van der Waals surface area contributed by atoms with Crippen LogP contribution in [0.5, 0.6) is 0 Å². The van der Waals surface area contributed by atoms with Crippen LogP contribution in [0.2, 0.25) is 0 Å². The molecule has 0 bridgehead atoms. The average molecular weight is 783 g/mol. The lowest BCUT2D eigenvalue weighted by Gasteiger charge is -2.37. The zero-order valence-electron chi connectivity index (χ0n) is 31.1. The number of anilines is 3. The van der Waals surface area contributed by atoms with E-state index in [1.165, 1.54) is 12.1 Å². The normalized spacial score (nSPS) is 14.1. The van der Waals surface area contributed by atoms with Gasteiger partial charge in [0, 0.05) is 42.5 Å². The summed E-state index contributed by atoms with van der Waals surface area (Å²) >= 11 is 0. The number of aromatic nitrogens is 2. The van der Waals surface area contributed by atoms with Gasteiger partial charge in [-0.15, -0.1) is 0 Å². The van der Waals surface area contributed by atoms with E-state index < -0.39 is 37.8 Å². The molecule has 0 spiro atoms. The van der Waals surface area contributed by atoms with Crippen molar-refractivity contribution < 1.29 is 22.0 Å². The van der Waals surface area contributed by atoms with Crippen molar-refractivity contribution in [1.29, 1.82) is 0 Å². The lowest BCUT2D eigenvalue weighted by Crippen LogP contribution is -2.38. The second-order valence-corrected chi connectivity index (χ2v) is 16.2. The second kappa shape index (κ2) is 15.3. The van der Waals surface area contributed by atoms with E-state index in [2.05, 4.69) is 22.2 Å². The number of nitrogens with one attached hydrogen (secondary N) is 1. The number of likely N-dealkylation sites (N-methyl/N-ethyl adjacent to an activating group) is 1. The van der Waals surface area contributed by atoms with Crippen LogP contribution in [0.25, 0.3) is 10.9 Å². The number of nitrogens with two attached hydrogens (primary N) is 1. The van der Waals surface area contributed by atoms with E-state index in [1.807, 2.05) is 97.1 Å². The topological polar surface area (TPSA) is 114 Å². The summed E-state index contributed by atoms with van der Waals surface area (Å²) in [4.78, 5) is 18.0. The Hall–Kier alpha value is -6.37. The summed E-state index contributed by atoms with van der Waals surface area (Å²) in [5.74, 6) is -2.55. The van der Waals surface area contributed by atoms with Crippen molar-refractivity contribution in [1.82, 2.24) is 14.7 Å². The molecule has 12 heteroatoms. The Balaban J connectivity index is 1.33. The van der Waals surface area contributed by atoms with E-state index in [0.717, 1.165) is 67.1 Å². The molecule has 3 N–H and O–H groups in total. The van der Waals surface area contributed by atoms with Crippen molar-refractivity contribution in [2.24, 2.45) is 0 Å². The summed E-state index contributed by atoms with van der Waals surface area (Å²) in [5, 5.41) is 8.36. The predicted molar refractivity (Wildman–Crippen MR) is 219 cm³/mol. The number of rotatable bonds is 9. The molecule has 0 atom stereocenters. The maximum atomic E-state index is 14.3. The Labute approximate surface area is 329 Å². The number of hydrogen-bond acceptors (Lipinski definition) is 7. The number of halogens is 2. The van der Waals surface area contributed by atoms with Crippen molar-refractivity contribution in [2.75, 3.05) is 49.2 Å². The highest BCUT2D eigenvalue weighted by atomic mass is 32.2. The summed E-state index contributed by atoms with van der Waals surface area (Å²) in [6, 6.07) is 41.2. The molecule has 1 aromatic heterocycles. The maximum absolute atomic E-state index is 14.3. The Morgan fingerprint density at radius 3 is 1.88 bits per heavy atom. The van der Waals surface area contributed by atoms with Crippen molar-refractivity contribution in [3.8, 4) is 0 Å². The van der Waals surface area contributed by atoms with E-state index in [4.69, 9.17) is 10.8 Å². The highest BCUT2D eigenvalue weighted by Gasteiger charge is 2.41. The van der Waals surface area contributed by atoms with Crippen molar-refractivity contribution >= 4 is 43.8 Å². The average Bonchev–Trinajstić information content (AvgIpc) is 3.41. The highest BCUT2D eigenvalue weighted by Crippen LogP contribution is 2.44. The molecule has 0 saturated carbocycles. The Morgan fingerprint density at radius 2 is 1.30 bits per heavy atom. The van der Waals surface area contributed by atoms with Crippen LogP contribution < -0.4 is 16.0 Å². The summed E-state index contributed by atoms with van der Waals surface area (Å²) in [5.41, 5.74) is 9.84. The summed E-state index contributed by atoms with van der Waals surface area (Å²) < 4.78 is 58.4. The number of sulfone groups is 1. The number of nitrogens with zero attached hydrogens (tertiary/aromatic N) is 4. The number of nitrogen functional groups attached to an aromatic ring is 1. The van der Waals surface area contributed by atoms with Gasteiger partial charge in [0.15, 0.2) is 5.82 Å². The van der Waals surface area contributed by atoms with Gasteiger partial charge in [-0.25, -0.2) is 21.9 Å². The van der Waals surface area contributed by atoms with Gasteiger partial charge in [0.25, 0.3) is 5.91 Å². The van der Waals surface area contributed by atoms with E-state index >= 15 is 0 Å². The molecule has 8 rings (SSSR count). The minimum atomic E-state index is -4.44. The Morgan fingerprint density at radius 1 is 0.702 bits per heavy atom. The molecule has 1 fully saturated rings. The van der Waals surface area contributed by atoms with Gasteiger partial charge in [-0.05, 0) is 85.2 Å². The van der Waals surface area contributed by atoms with Crippen molar-refractivity contribution in [3.05, 3.63) is 179 Å². The molecule has 1 amide bonds. The fraction of sp³-hybridized carbons (Fsp3) is 0.156. The van der Waals surface area contributed by atoms with Gasteiger partial charge >= 0.3 is 0 Å². The molecule has 1 aliphatic heterocycles. The smallest absolute Gasteiger partial charge is 0.258 e. The molecule has 1 aliphatic rings. The van der Waals surface area contributed by atoms with Gasteiger partial charge in [0.2, 0.25) is 9.84 Å². The lowest BCUT2D eigenvalue weighted by atomic mass is 9.77. The number of fused-ring (bicyclic) bond motifs is 1. The van der Waals surface area contributed by atoms with Gasteiger partial charge in [-0.2, -0.15) is 5.10 Å². The summed E-state index contributed by atoms with van der Waals surface area (Å²) in [6.07, 6.45) is 0.997. The number of amides is 1. The minimum Gasteiger partial charge on any atom is -0.398 e. The summed E-state index contributed by atoms with van der Waals surface area (Å²) in [7, 11) is -2.34. The predicted octanol–water partition coefficient (Wildman–Crippen LogP) is 7.96. The number of hydrogen-bond donors (Lipinski definition) is 2. The molecule has 0 unspecified atom stereocenters. The summed E-state index contributed by atoms with van der Waals surface area (Å²) in [6.45, 7) is 3.58. The van der Waals surface area contributed by atoms with E-state index in [9.17, 15) is 22.0 Å². The maximum Gasteiger partial charge on any atom is 0.258 e. The SMILES string of the molecule is CN1CCCN(c2ccc(C(=O)Nc3nn(C(c4ccccc4)(c4ccccc4)c4ccccc4)c4ccc(S(=O)(=O)c5cc(F)cc(F)c5)cc34)c(N)c2)CC1. The lowest BCUT2D eigenvalue weighted by molar-refractivity contribution is 0.102. The van der Waals surface area contributed by atoms with E-state index in [1.54, 1.807) is 22.9 Å². The first-order valence-corrected chi connectivity index (χ1v) is 20.1. The molecule has 1 saturated heterocycles. The van der Waals surface area contributed by atoms with Crippen molar-refractivity contribution in [3.63, 3.8) is 0 Å².